The van der Waals surface area contributed by atoms with Crippen molar-refractivity contribution in [2.24, 2.45) is 0 Å². The topological polar surface area (TPSA) is 158 Å². The summed E-state index contributed by atoms with van der Waals surface area (Å²) in [4.78, 5) is 38.2. The Hall–Kier alpha value is -3.94. The van der Waals surface area contributed by atoms with Crippen molar-refractivity contribution in [3.8, 4) is 5.75 Å². The van der Waals surface area contributed by atoms with Crippen molar-refractivity contribution in [1.82, 2.24) is 14.6 Å². The zero-order valence-corrected chi connectivity index (χ0v) is 25.8. The summed E-state index contributed by atoms with van der Waals surface area (Å²) < 4.78 is 65.5. The third kappa shape index (κ3) is 8.62. The van der Waals surface area contributed by atoms with Gasteiger partial charge in [-0.2, -0.15) is 5.09 Å². The van der Waals surface area contributed by atoms with E-state index in [1.165, 1.54) is 31.2 Å². The Balaban J connectivity index is 1.52. The van der Waals surface area contributed by atoms with Crippen LogP contribution in [0.15, 0.2) is 70.4 Å². The van der Waals surface area contributed by atoms with Gasteiger partial charge in [0.2, 0.25) is 0 Å². The fourth-order valence-electron chi connectivity index (χ4n) is 4.39. The van der Waals surface area contributed by atoms with Crippen molar-refractivity contribution < 1.29 is 41.8 Å². The molecule has 4 rings (SSSR count). The fraction of sp³-hybridized carbons (Fsp3) is 0.367. The summed E-state index contributed by atoms with van der Waals surface area (Å²) in [6.07, 6.45) is -0.857. The normalized spacial score (nSPS) is 23.6. The molecule has 45 heavy (non-hydrogen) atoms. The summed E-state index contributed by atoms with van der Waals surface area (Å²) in [5, 5.41) is 13.2. The van der Waals surface area contributed by atoms with Crippen molar-refractivity contribution in [3.63, 3.8) is 0 Å². The third-order valence-electron chi connectivity index (χ3n) is 6.73. The van der Waals surface area contributed by atoms with Gasteiger partial charge in [0.15, 0.2) is 11.9 Å². The first-order valence-electron chi connectivity index (χ1n) is 14.0. The predicted octanol–water partition coefficient (Wildman–Crippen LogP) is 3.97. The van der Waals surface area contributed by atoms with Gasteiger partial charge in [0.05, 0.1) is 12.7 Å². The second-order valence-corrected chi connectivity index (χ2v) is 12.5. The van der Waals surface area contributed by atoms with Crippen LogP contribution in [0.25, 0.3) is 12.2 Å². The molecule has 2 heterocycles. The van der Waals surface area contributed by atoms with E-state index in [1.807, 2.05) is 4.98 Å². The molecule has 3 N–H and O–H groups in total. The zero-order chi connectivity index (χ0) is 32.9. The Bertz CT molecular complexity index is 1670. The molecule has 3 aromatic rings. The molecule has 1 aliphatic heterocycles. The minimum atomic E-state index is -4.44. The van der Waals surface area contributed by atoms with Crippen LogP contribution in [0.4, 0.5) is 8.78 Å². The lowest BCUT2D eigenvalue weighted by atomic mass is 9.98. The highest BCUT2D eigenvalue weighted by Gasteiger charge is 2.56. The highest BCUT2D eigenvalue weighted by atomic mass is 31.2. The molecule has 1 aromatic heterocycles. The summed E-state index contributed by atoms with van der Waals surface area (Å²) in [6, 6.07) is 12.0. The second kappa shape index (κ2) is 14.0. The molecule has 6 unspecified atom stereocenters. The molecule has 0 aliphatic carbocycles. The summed E-state index contributed by atoms with van der Waals surface area (Å²) in [6.45, 7) is 4.97. The molecule has 242 valence electrons. The smallest absolute Gasteiger partial charge is 0.459 e. The number of hydrogen-bond acceptors (Lipinski definition) is 9. The number of aromatic nitrogens is 2. The Labute approximate surface area is 257 Å². The highest BCUT2D eigenvalue weighted by Crippen LogP contribution is 2.47. The van der Waals surface area contributed by atoms with E-state index in [0.717, 1.165) is 34.9 Å². The maximum absolute atomic E-state index is 15.6. The lowest BCUT2D eigenvalue weighted by molar-refractivity contribution is -0.149. The van der Waals surface area contributed by atoms with Gasteiger partial charge in [-0.1, -0.05) is 36.4 Å². The lowest BCUT2D eigenvalue weighted by Gasteiger charge is -2.25. The van der Waals surface area contributed by atoms with Gasteiger partial charge in [0, 0.05) is 12.3 Å². The van der Waals surface area contributed by atoms with Crippen LogP contribution in [0.1, 0.15) is 45.0 Å². The van der Waals surface area contributed by atoms with Gasteiger partial charge in [0.25, 0.3) is 5.56 Å². The van der Waals surface area contributed by atoms with E-state index < -0.39 is 67.8 Å². The van der Waals surface area contributed by atoms with Gasteiger partial charge < -0.3 is 19.1 Å². The SMILES string of the molecule is CC(C)OC(=O)C(C)NP(=O)(OCC1OC(n2ccc(=O)[nH]c2=O)C(C)(F)C1O)Oc1ccc(C=Cc2ccc(F)cc2)cc1. The maximum atomic E-state index is 15.6. The van der Waals surface area contributed by atoms with Gasteiger partial charge in [-0.3, -0.25) is 23.7 Å². The van der Waals surface area contributed by atoms with Crippen molar-refractivity contribution in [2.45, 2.75) is 63.9 Å². The first-order chi connectivity index (χ1) is 21.2. The van der Waals surface area contributed by atoms with E-state index in [0.29, 0.717) is 0 Å². The number of alkyl halides is 1. The molecular weight excluding hydrogens is 615 g/mol. The molecule has 0 spiro atoms. The molecule has 1 aliphatic rings. The summed E-state index contributed by atoms with van der Waals surface area (Å²) in [5.41, 5.74) is -2.69. The standard InChI is InChI=1S/C30H34F2N3O9P/c1-18(2)42-27(38)19(3)34-45(40,44-23-13-9-21(10-14-23)6-5-20-7-11-22(31)12-8-20)41-17-24-26(37)30(4,32)28(43-24)35-16-15-25(36)33-29(35)39/h5-16,18-19,24,26,28,37H,17H2,1-4H3,(H,34,40)(H,33,36,39). The number of aliphatic hydroxyl groups excluding tert-OH is 1. The Morgan fingerprint density at radius 1 is 1.11 bits per heavy atom. The molecule has 0 saturated carbocycles. The molecule has 1 fully saturated rings. The van der Waals surface area contributed by atoms with E-state index in [-0.39, 0.29) is 11.6 Å². The van der Waals surface area contributed by atoms with Crippen LogP contribution >= 0.6 is 7.75 Å². The molecular formula is C30H34F2N3O9P. The molecule has 0 radical (unpaired) electrons. The number of carbonyl (C=O) groups is 1. The first-order valence-corrected chi connectivity index (χ1v) is 15.5. The number of esters is 1. The molecule has 1 saturated heterocycles. The lowest BCUT2D eigenvalue weighted by Crippen LogP contribution is -2.43. The second-order valence-electron chi connectivity index (χ2n) is 10.8. The monoisotopic (exact) mass is 649 g/mol. The van der Waals surface area contributed by atoms with E-state index in [9.17, 15) is 28.4 Å². The quantitative estimate of drug-likeness (QED) is 0.149. The number of benzene rings is 2. The zero-order valence-electron chi connectivity index (χ0n) is 24.9. The number of H-pyrrole nitrogens is 1. The average molecular weight is 650 g/mol. The van der Waals surface area contributed by atoms with Crippen molar-refractivity contribution in [2.75, 3.05) is 6.61 Å². The Kier molecular flexibility index (Phi) is 10.6. The Morgan fingerprint density at radius 3 is 2.29 bits per heavy atom. The molecule has 15 heteroatoms. The van der Waals surface area contributed by atoms with E-state index in [1.54, 1.807) is 50.3 Å². The summed E-state index contributed by atoms with van der Waals surface area (Å²) in [7, 11) is -4.44. The third-order valence-corrected chi connectivity index (χ3v) is 8.37. The van der Waals surface area contributed by atoms with Gasteiger partial charge in [-0.25, -0.2) is 18.1 Å². The van der Waals surface area contributed by atoms with Crippen LogP contribution in [0.5, 0.6) is 5.75 Å². The van der Waals surface area contributed by atoms with Crippen LogP contribution in [0.3, 0.4) is 0 Å². The van der Waals surface area contributed by atoms with Crippen LogP contribution in [0.2, 0.25) is 0 Å². The minimum Gasteiger partial charge on any atom is -0.462 e. The van der Waals surface area contributed by atoms with Crippen molar-refractivity contribution in [3.05, 3.63) is 98.6 Å². The van der Waals surface area contributed by atoms with Crippen LogP contribution < -0.4 is 20.9 Å². The minimum absolute atomic E-state index is 0.0788. The van der Waals surface area contributed by atoms with Gasteiger partial charge >= 0.3 is 19.4 Å². The number of hydrogen-bond donors (Lipinski definition) is 3. The number of aliphatic hydroxyl groups is 1. The molecule has 0 bridgehead atoms. The number of nitrogens with zero attached hydrogens (tertiary/aromatic N) is 1. The molecule has 2 aromatic carbocycles. The van der Waals surface area contributed by atoms with Gasteiger partial charge in [-0.15, -0.1) is 0 Å². The highest BCUT2D eigenvalue weighted by molar-refractivity contribution is 7.52. The number of halogens is 2. The van der Waals surface area contributed by atoms with Crippen LogP contribution in [-0.4, -0.2) is 57.3 Å². The number of nitrogens with one attached hydrogen (secondary N) is 2. The van der Waals surface area contributed by atoms with Crippen molar-refractivity contribution >= 4 is 25.9 Å². The summed E-state index contributed by atoms with van der Waals surface area (Å²) >= 11 is 0. The van der Waals surface area contributed by atoms with E-state index >= 15 is 4.39 Å². The first kappa shape index (κ1) is 33.9. The summed E-state index contributed by atoms with van der Waals surface area (Å²) in [5.74, 6) is -1.02. The number of rotatable bonds is 12. The Morgan fingerprint density at radius 2 is 1.71 bits per heavy atom. The molecule has 12 nitrogen and oxygen atoms in total. The average Bonchev–Trinajstić information content (AvgIpc) is 3.19. The predicted molar refractivity (Wildman–Crippen MR) is 161 cm³/mol. The van der Waals surface area contributed by atoms with E-state index in [4.69, 9.17) is 18.5 Å². The fourth-order valence-corrected chi connectivity index (χ4v) is 5.90. The largest absolute Gasteiger partial charge is 0.462 e. The number of aromatic amines is 1. The van der Waals surface area contributed by atoms with Gasteiger partial charge in [-0.05, 0) is 63.1 Å². The van der Waals surface area contributed by atoms with Crippen LogP contribution in [-0.2, 0) is 23.4 Å². The van der Waals surface area contributed by atoms with Crippen molar-refractivity contribution in [1.29, 1.82) is 0 Å². The van der Waals surface area contributed by atoms with E-state index in [2.05, 4.69) is 5.09 Å². The maximum Gasteiger partial charge on any atom is 0.459 e. The van der Waals surface area contributed by atoms with Crippen LogP contribution in [0, 0.1) is 5.82 Å². The molecule has 6 atom stereocenters. The molecule has 0 amide bonds. The number of carbonyl (C=O) groups excluding carboxylic acids is 1. The number of ether oxygens (including phenoxy) is 2. The van der Waals surface area contributed by atoms with Gasteiger partial charge in [0.1, 0.15) is 29.8 Å².